The summed E-state index contributed by atoms with van der Waals surface area (Å²) in [4.78, 5) is 16.2. The van der Waals surface area contributed by atoms with Crippen LogP contribution in [-0.4, -0.2) is 21.1 Å². The second-order valence-electron chi connectivity index (χ2n) is 4.66. The van der Waals surface area contributed by atoms with Crippen LogP contribution in [0.2, 0.25) is 0 Å². The first kappa shape index (κ1) is 16.1. The minimum Gasteiger partial charge on any atom is -0.401 e. The molecule has 0 saturated heterocycles. The molecule has 0 aliphatic carbocycles. The summed E-state index contributed by atoms with van der Waals surface area (Å²) in [6.45, 7) is 1.79. The van der Waals surface area contributed by atoms with Crippen molar-refractivity contribution >= 4 is 23.3 Å². The maximum absolute atomic E-state index is 12.9. The van der Waals surface area contributed by atoms with Gasteiger partial charge >= 0.3 is 12.2 Å². The van der Waals surface area contributed by atoms with Crippen LogP contribution in [0.4, 0.5) is 19.2 Å². The van der Waals surface area contributed by atoms with E-state index >= 15 is 0 Å². The van der Waals surface area contributed by atoms with E-state index in [1.807, 2.05) is 0 Å². The highest BCUT2D eigenvalue weighted by molar-refractivity contribution is 7.09. The van der Waals surface area contributed by atoms with Crippen molar-refractivity contribution in [2.75, 3.05) is 5.32 Å². The molecule has 3 aromatic rings. The third-order valence-electron chi connectivity index (χ3n) is 2.96. The van der Waals surface area contributed by atoms with E-state index in [9.17, 15) is 18.0 Å². The van der Waals surface area contributed by atoms with Crippen molar-refractivity contribution in [2.45, 2.75) is 13.1 Å². The summed E-state index contributed by atoms with van der Waals surface area (Å²) in [5, 5.41) is 11.9. The molecule has 0 unspecified atom stereocenters. The van der Waals surface area contributed by atoms with E-state index in [1.54, 1.807) is 12.3 Å². The molecule has 0 atom stereocenters. The smallest absolute Gasteiger partial charge is 0.401 e. The van der Waals surface area contributed by atoms with E-state index in [-0.39, 0.29) is 11.9 Å². The van der Waals surface area contributed by atoms with Gasteiger partial charge in [-0.15, -0.1) is 16.4 Å². The summed E-state index contributed by atoms with van der Waals surface area (Å²) >= 11 is 1.37. The maximum atomic E-state index is 12.9. The van der Waals surface area contributed by atoms with Gasteiger partial charge in [0.25, 0.3) is 11.8 Å². The first-order chi connectivity index (χ1) is 11.3. The number of amides is 1. The second-order valence-corrected chi connectivity index (χ2v) is 5.72. The fourth-order valence-corrected chi connectivity index (χ4v) is 2.52. The topological polar surface area (TPSA) is 80.9 Å². The highest BCUT2D eigenvalue weighted by Gasteiger charge is 2.35. The highest BCUT2D eigenvalue weighted by atomic mass is 32.1. The molecule has 0 aliphatic heterocycles. The average Bonchev–Trinajstić information content (AvgIpc) is 3.15. The van der Waals surface area contributed by atoms with Gasteiger partial charge in [-0.3, -0.25) is 10.1 Å². The van der Waals surface area contributed by atoms with Gasteiger partial charge in [0.05, 0.1) is 16.1 Å². The number of thiazole rings is 1. The third-order valence-corrected chi connectivity index (χ3v) is 3.73. The number of alkyl halides is 3. The SMILES string of the molecule is Cc1nc(-c2nnc(NC(=O)c3ccccc3C(F)(F)F)o2)cs1. The van der Waals surface area contributed by atoms with Gasteiger partial charge in [0, 0.05) is 5.38 Å². The molecule has 0 radical (unpaired) electrons. The van der Waals surface area contributed by atoms with Gasteiger partial charge in [0.1, 0.15) is 5.69 Å². The quantitative estimate of drug-likeness (QED) is 0.774. The number of hydrogen-bond acceptors (Lipinski definition) is 6. The molecule has 6 nitrogen and oxygen atoms in total. The van der Waals surface area contributed by atoms with Gasteiger partial charge in [-0.1, -0.05) is 17.2 Å². The summed E-state index contributed by atoms with van der Waals surface area (Å²) in [5.74, 6) is -0.925. The Kier molecular flexibility index (Phi) is 4.06. The summed E-state index contributed by atoms with van der Waals surface area (Å²) in [6, 6.07) is 4.12. The molecule has 10 heteroatoms. The molecule has 0 aliphatic rings. The van der Waals surface area contributed by atoms with Crippen LogP contribution in [0.5, 0.6) is 0 Å². The van der Waals surface area contributed by atoms with Gasteiger partial charge in [0.15, 0.2) is 0 Å². The number of nitrogens with one attached hydrogen (secondary N) is 1. The fraction of sp³-hybridized carbons (Fsp3) is 0.143. The van der Waals surface area contributed by atoms with Crippen molar-refractivity contribution in [1.82, 2.24) is 15.2 Å². The zero-order valence-electron chi connectivity index (χ0n) is 12.1. The monoisotopic (exact) mass is 354 g/mol. The molecule has 0 bridgehead atoms. The van der Waals surface area contributed by atoms with Crippen LogP contribution in [0.3, 0.4) is 0 Å². The number of carbonyl (C=O) groups excluding carboxylic acids is 1. The maximum Gasteiger partial charge on any atom is 0.417 e. The lowest BCUT2D eigenvalue weighted by Crippen LogP contribution is -2.18. The van der Waals surface area contributed by atoms with E-state index in [0.29, 0.717) is 5.69 Å². The Morgan fingerprint density at radius 3 is 2.67 bits per heavy atom. The molecule has 124 valence electrons. The molecule has 1 aromatic carbocycles. The Bertz CT molecular complexity index is 888. The van der Waals surface area contributed by atoms with Gasteiger partial charge in [-0.2, -0.15) is 13.2 Å². The van der Waals surface area contributed by atoms with Crippen LogP contribution in [0, 0.1) is 6.92 Å². The van der Waals surface area contributed by atoms with E-state index in [2.05, 4.69) is 20.5 Å². The number of carbonyl (C=O) groups is 1. The zero-order valence-corrected chi connectivity index (χ0v) is 12.9. The van der Waals surface area contributed by atoms with Crippen LogP contribution >= 0.6 is 11.3 Å². The number of anilines is 1. The summed E-state index contributed by atoms with van der Waals surface area (Å²) < 4.78 is 44.0. The predicted octanol–water partition coefficient (Wildman–Crippen LogP) is 3.77. The Hall–Kier alpha value is -2.75. The molecular formula is C14H9F3N4O2S. The molecule has 1 amide bonds. The third kappa shape index (κ3) is 3.27. The lowest BCUT2D eigenvalue weighted by molar-refractivity contribution is -0.137. The molecule has 3 rings (SSSR count). The first-order valence-corrected chi connectivity index (χ1v) is 7.46. The number of hydrogen-bond donors (Lipinski definition) is 1. The van der Waals surface area contributed by atoms with Crippen molar-refractivity contribution < 1.29 is 22.4 Å². The zero-order chi connectivity index (χ0) is 17.3. The van der Waals surface area contributed by atoms with Crippen LogP contribution in [-0.2, 0) is 6.18 Å². The standard InChI is InChI=1S/C14H9F3N4O2S/c1-7-18-10(6-24-7)12-20-21-13(23-12)19-11(22)8-4-2-3-5-9(8)14(15,16)17/h2-6H,1H3,(H,19,21,22). The minimum atomic E-state index is -4.65. The van der Waals surface area contributed by atoms with Gasteiger partial charge in [0.2, 0.25) is 0 Å². The summed E-state index contributed by atoms with van der Waals surface area (Å²) in [7, 11) is 0. The molecule has 1 N–H and O–H groups in total. The first-order valence-electron chi connectivity index (χ1n) is 6.58. The van der Waals surface area contributed by atoms with Gasteiger partial charge < -0.3 is 4.42 Å². The largest absolute Gasteiger partial charge is 0.417 e. The van der Waals surface area contributed by atoms with E-state index < -0.39 is 23.2 Å². The Labute approximate surface area is 137 Å². The van der Waals surface area contributed by atoms with E-state index in [1.165, 1.54) is 23.5 Å². The molecular weight excluding hydrogens is 345 g/mol. The predicted molar refractivity (Wildman–Crippen MR) is 79.5 cm³/mol. The lowest BCUT2D eigenvalue weighted by Gasteiger charge is -2.11. The van der Waals surface area contributed by atoms with Gasteiger partial charge in [-0.25, -0.2) is 4.98 Å². The average molecular weight is 354 g/mol. The number of aryl methyl sites for hydroxylation is 1. The van der Waals surface area contributed by atoms with Crippen LogP contribution in [0.25, 0.3) is 11.6 Å². The van der Waals surface area contributed by atoms with Crippen LogP contribution < -0.4 is 5.32 Å². The highest BCUT2D eigenvalue weighted by Crippen LogP contribution is 2.32. The number of aromatic nitrogens is 3. The number of rotatable bonds is 3. The molecule has 0 spiro atoms. The van der Waals surface area contributed by atoms with Crippen LogP contribution in [0.1, 0.15) is 20.9 Å². The van der Waals surface area contributed by atoms with E-state index in [0.717, 1.165) is 17.1 Å². The molecule has 2 heterocycles. The van der Waals surface area contributed by atoms with Crippen molar-refractivity contribution in [3.8, 4) is 11.6 Å². The van der Waals surface area contributed by atoms with Gasteiger partial charge in [-0.05, 0) is 19.1 Å². The van der Waals surface area contributed by atoms with Crippen molar-refractivity contribution in [3.63, 3.8) is 0 Å². The Balaban J connectivity index is 1.83. The van der Waals surface area contributed by atoms with E-state index in [4.69, 9.17) is 4.42 Å². The number of halogens is 3. The van der Waals surface area contributed by atoms with Crippen molar-refractivity contribution in [1.29, 1.82) is 0 Å². The normalized spacial score (nSPS) is 11.5. The van der Waals surface area contributed by atoms with Crippen molar-refractivity contribution in [2.24, 2.45) is 0 Å². The second kappa shape index (κ2) is 6.04. The fourth-order valence-electron chi connectivity index (χ4n) is 1.93. The van der Waals surface area contributed by atoms with Crippen LogP contribution in [0.15, 0.2) is 34.1 Å². The Morgan fingerprint density at radius 1 is 1.25 bits per heavy atom. The number of nitrogens with zero attached hydrogens (tertiary/aromatic N) is 3. The Morgan fingerprint density at radius 2 is 2.00 bits per heavy atom. The number of benzene rings is 1. The summed E-state index contributed by atoms with van der Waals surface area (Å²) in [6.07, 6.45) is -4.65. The molecule has 0 saturated carbocycles. The minimum absolute atomic E-state index is 0.0683. The molecule has 0 fully saturated rings. The molecule has 24 heavy (non-hydrogen) atoms. The lowest BCUT2D eigenvalue weighted by atomic mass is 10.1. The summed E-state index contributed by atoms with van der Waals surface area (Å²) in [5.41, 5.74) is -1.15. The van der Waals surface area contributed by atoms with Crippen molar-refractivity contribution in [3.05, 3.63) is 45.8 Å². The molecule has 2 aromatic heterocycles.